The van der Waals surface area contributed by atoms with Gasteiger partial charge in [0.1, 0.15) is 5.02 Å². The lowest BCUT2D eigenvalue weighted by atomic mass is 9.95. The number of likely N-dealkylation sites (tertiary alicyclic amines) is 1. The van der Waals surface area contributed by atoms with Crippen molar-refractivity contribution in [3.8, 4) is 0 Å². The fraction of sp³-hybridized carbons (Fsp3) is 0.333. The number of aliphatic carboxylic acids is 1. The van der Waals surface area contributed by atoms with Gasteiger partial charge in [-0.3, -0.25) is 19.7 Å². The molecule has 0 aliphatic carbocycles. The predicted octanol–water partition coefficient (Wildman–Crippen LogP) is 1.79. The molecule has 20 heavy (non-hydrogen) atoms. The maximum absolute atomic E-state index is 12.1. The minimum absolute atomic E-state index is 0.0184. The summed E-state index contributed by atoms with van der Waals surface area (Å²) in [6.07, 6.45) is 0.0184. The molecule has 1 N–H and O–H groups in total. The number of carboxylic acids is 1. The number of nitro benzene ring substituents is 1. The van der Waals surface area contributed by atoms with E-state index in [1.165, 1.54) is 17.0 Å². The number of carbonyl (C=O) groups excluding carboxylic acids is 1. The summed E-state index contributed by atoms with van der Waals surface area (Å²) in [6.45, 7) is 0.698. The van der Waals surface area contributed by atoms with E-state index in [-0.39, 0.29) is 34.5 Å². The van der Waals surface area contributed by atoms with Gasteiger partial charge in [0.25, 0.3) is 11.6 Å². The molecule has 1 aliphatic heterocycles. The molecule has 1 fully saturated rings. The number of halogens is 1. The van der Waals surface area contributed by atoms with E-state index in [2.05, 4.69) is 0 Å². The number of rotatable bonds is 4. The Balaban J connectivity index is 2.06. The monoisotopic (exact) mass is 298 g/mol. The minimum Gasteiger partial charge on any atom is -0.481 e. The highest BCUT2D eigenvalue weighted by Crippen LogP contribution is 2.27. The van der Waals surface area contributed by atoms with Crippen LogP contribution in [0.1, 0.15) is 16.8 Å². The number of nitrogens with zero attached hydrogens (tertiary/aromatic N) is 2. The van der Waals surface area contributed by atoms with E-state index in [4.69, 9.17) is 16.7 Å². The lowest BCUT2D eigenvalue weighted by Crippen LogP contribution is -2.50. The zero-order chi connectivity index (χ0) is 14.9. The molecule has 0 atom stereocenters. The number of amides is 1. The van der Waals surface area contributed by atoms with Crippen LogP contribution in [0.4, 0.5) is 5.69 Å². The second-order valence-corrected chi connectivity index (χ2v) is 5.00. The van der Waals surface area contributed by atoms with Gasteiger partial charge in [-0.15, -0.1) is 0 Å². The van der Waals surface area contributed by atoms with Crippen molar-refractivity contribution in [3.63, 3.8) is 0 Å². The Morgan fingerprint density at radius 2 is 2.10 bits per heavy atom. The van der Waals surface area contributed by atoms with Crippen molar-refractivity contribution in [2.45, 2.75) is 6.42 Å². The summed E-state index contributed by atoms with van der Waals surface area (Å²) in [5.41, 5.74) is -0.144. The standard InChI is InChI=1S/C12H11ClN2O5/c13-9-2-1-8(4-10(9)15(19)20)12(18)14-5-7(6-14)3-11(16)17/h1-2,4,7H,3,5-6H2,(H,16,17). The van der Waals surface area contributed by atoms with Crippen LogP contribution in [0.2, 0.25) is 5.02 Å². The molecule has 0 bridgehead atoms. The molecule has 1 amide bonds. The van der Waals surface area contributed by atoms with Crippen molar-refractivity contribution in [1.29, 1.82) is 0 Å². The second kappa shape index (κ2) is 5.46. The molecular weight excluding hydrogens is 288 g/mol. The predicted molar refractivity (Wildman–Crippen MR) is 69.8 cm³/mol. The summed E-state index contributed by atoms with van der Waals surface area (Å²) in [5.74, 6) is -1.31. The van der Waals surface area contributed by atoms with E-state index in [1.54, 1.807) is 0 Å². The van der Waals surface area contributed by atoms with E-state index < -0.39 is 10.9 Å². The summed E-state index contributed by atoms with van der Waals surface area (Å²) in [4.78, 5) is 34.1. The van der Waals surface area contributed by atoms with Gasteiger partial charge in [0.15, 0.2) is 0 Å². The summed E-state index contributed by atoms with van der Waals surface area (Å²) >= 11 is 5.67. The zero-order valence-corrected chi connectivity index (χ0v) is 11.0. The third kappa shape index (κ3) is 2.88. The first-order chi connectivity index (χ1) is 9.38. The van der Waals surface area contributed by atoms with Crippen molar-refractivity contribution >= 4 is 29.2 Å². The fourth-order valence-electron chi connectivity index (χ4n) is 2.08. The average molecular weight is 299 g/mol. The Morgan fingerprint density at radius 1 is 1.45 bits per heavy atom. The molecule has 1 heterocycles. The maximum Gasteiger partial charge on any atom is 0.303 e. The van der Waals surface area contributed by atoms with Gasteiger partial charge >= 0.3 is 5.97 Å². The summed E-state index contributed by atoms with van der Waals surface area (Å²) in [5, 5.41) is 19.4. The topological polar surface area (TPSA) is 101 Å². The third-order valence-corrected chi connectivity index (χ3v) is 3.42. The van der Waals surface area contributed by atoms with Crippen molar-refractivity contribution in [2.24, 2.45) is 5.92 Å². The first kappa shape index (κ1) is 14.3. The van der Waals surface area contributed by atoms with E-state index in [0.29, 0.717) is 13.1 Å². The quantitative estimate of drug-likeness (QED) is 0.674. The van der Waals surface area contributed by atoms with Crippen LogP contribution in [0, 0.1) is 16.0 Å². The molecule has 8 heteroatoms. The fourth-order valence-corrected chi connectivity index (χ4v) is 2.27. The summed E-state index contributed by atoms with van der Waals surface area (Å²) in [6, 6.07) is 3.86. The zero-order valence-electron chi connectivity index (χ0n) is 10.3. The molecule has 0 radical (unpaired) electrons. The first-order valence-corrected chi connectivity index (χ1v) is 6.21. The van der Waals surface area contributed by atoms with E-state index in [1.807, 2.05) is 0 Å². The molecule has 1 aromatic carbocycles. The van der Waals surface area contributed by atoms with Crippen LogP contribution >= 0.6 is 11.6 Å². The van der Waals surface area contributed by atoms with Crippen LogP contribution in [0.15, 0.2) is 18.2 Å². The molecule has 1 saturated heterocycles. The van der Waals surface area contributed by atoms with E-state index >= 15 is 0 Å². The normalized spacial score (nSPS) is 14.8. The molecular formula is C12H11ClN2O5. The van der Waals surface area contributed by atoms with Crippen molar-refractivity contribution in [3.05, 3.63) is 38.9 Å². The summed E-state index contributed by atoms with van der Waals surface area (Å²) < 4.78 is 0. The Kier molecular flexibility index (Phi) is 3.89. The van der Waals surface area contributed by atoms with Gasteiger partial charge in [-0.25, -0.2) is 0 Å². The highest BCUT2D eigenvalue weighted by Gasteiger charge is 2.33. The number of carbonyl (C=O) groups is 2. The Labute approximate surface area is 118 Å². The largest absolute Gasteiger partial charge is 0.481 e. The third-order valence-electron chi connectivity index (χ3n) is 3.10. The molecule has 7 nitrogen and oxygen atoms in total. The molecule has 1 aromatic rings. The van der Waals surface area contributed by atoms with Crippen molar-refractivity contribution in [1.82, 2.24) is 4.90 Å². The number of benzene rings is 1. The highest BCUT2D eigenvalue weighted by molar-refractivity contribution is 6.32. The Bertz CT molecular complexity index is 583. The van der Waals surface area contributed by atoms with Crippen LogP contribution in [-0.4, -0.2) is 39.9 Å². The number of carboxylic acid groups (broad SMARTS) is 1. The van der Waals surface area contributed by atoms with Gasteiger partial charge in [0.2, 0.25) is 0 Å². The lowest BCUT2D eigenvalue weighted by molar-refractivity contribution is -0.384. The highest BCUT2D eigenvalue weighted by atomic mass is 35.5. The maximum atomic E-state index is 12.1. The molecule has 0 unspecified atom stereocenters. The molecule has 2 rings (SSSR count). The van der Waals surface area contributed by atoms with E-state index in [9.17, 15) is 19.7 Å². The van der Waals surface area contributed by atoms with Crippen LogP contribution in [0.3, 0.4) is 0 Å². The Morgan fingerprint density at radius 3 is 2.65 bits per heavy atom. The van der Waals surface area contributed by atoms with Crippen LogP contribution in [-0.2, 0) is 4.79 Å². The number of nitro groups is 1. The van der Waals surface area contributed by atoms with Crippen LogP contribution in [0.25, 0.3) is 0 Å². The van der Waals surface area contributed by atoms with Crippen LogP contribution in [0.5, 0.6) is 0 Å². The number of hydrogen-bond acceptors (Lipinski definition) is 4. The van der Waals surface area contributed by atoms with Crippen molar-refractivity contribution in [2.75, 3.05) is 13.1 Å². The average Bonchev–Trinajstić information content (AvgIpc) is 2.32. The Hall–Kier alpha value is -2.15. The van der Waals surface area contributed by atoms with Crippen molar-refractivity contribution < 1.29 is 19.6 Å². The van der Waals surface area contributed by atoms with Crippen LogP contribution < -0.4 is 0 Å². The lowest BCUT2D eigenvalue weighted by Gasteiger charge is -2.38. The molecule has 0 saturated carbocycles. The smallest absolute Gasteiger partial charge is 0.303 e. The van der Waals surface area contributed by atoms with E-state index in [0.717, 1.165) is 6.07 Å². The molecule has 106 valence electrons. The summed E-state index contributed by atoms with van der Waals surface area (Å²) in [7, 11) is 0. The van der Waals surface area contributed by atoms with Gasteiger partial charge in [0.05, 0.1) is 11.3 Å². The molecule has 0 aromatic heterocycles. The second-order valence-electron chi connectivity index (χ2n) is 4.60. The van der Waals surface area contributed by atoms with Gasteiger partial charge in [-0.1, -0.05) is 11.6 Å². The van der Waals surface area contributed by atoms with Gasteiger partial charge in [-0.05, 0) is 12.1 Å². The minimum atomic E-state index is -0.899. The van der Waals surface area contributed by atoms with Gasteiger partial charge < -0.3 is 10.0 Å². The van der Waals surface area contributed by atoms with Gasteiger partial charge in [0, 0.05) is 30.6 Å². The molecule has 1 aliphatic rings. The first-order valence-electron chi connectivity index (χ1n) is 5.83. The molecule has 0 spiro atoms. The number of hydrogen-bond donors (Lipinski definition) is 1. The van der Waals surface area contributed by atoms with Gasteiger partial charge in [-0.2, -0.15) is 0 Å². The SMILES string of the molecule is O=C(O)CC1CN(C(=O)c2ccc(Cl)c([N+](=O)[O-])c2)C1.